The molecule has 0 saturated carbocycles. The summed E-state index contributed by atoms with van der Waals surface area (Å²) in [6.45, 7) is 1.98. The Balaban J connectivity index is 2.32. The van der Waals surface area contributed by atoms with E-state index in [1.54, 1.807) is 26.9 Å². The van der Waals surface area contributed by atoms with Gasteiger partial charge in [-0.15, -0.1) is 0 Å². The minimum atomic E-state index is -0.545. The first-order valence-corrected chi connectivity index (χ1v) is 5.61. The van der Waals surface area contributed by atoms with Gasteiger partial charge in [-0.1, -0.05) is 17.6 Å². The summed E-state index contributed by atoms with van der Waals surface area (Å²) in [6, 6.07) is 4.85. The van der Waals surface area contributed by atoms with Crippen LogP contribution in [0.25, 0.3) is 11.3 Å². The van der Waals surface area contributed by atoms with E-state index in [0.29, 0.717) is 11.3 Å². The van der Waals surface area contributed by atoms with E-state index in [1.807, 2.05) is 0 Å². The minimum absolute atomic E-state index is 0.0758. The first kappa shape index (κ1) is 12.4. The van der Waals surface area contributed by atoms with E-state index < -0.39 is 5.97 Å². The lowest BCUT2D eigenvalue weighted by atomic mass is 9.94. The maximum Gasteiger partial charge on any atom is 0.374 e. The average molecular weight is 246 g/mol. The molecule has 0 aliphatic carbocycles. The molecule has 2 rings (SSSR count). The lowest BCUT2D eigenvalue weighted by Crippen LogP contribution is -2.06. The lowest BCUT2D eigenvalue weighted by molar-refractivity contribution is 0.0513. The summed E-state index contributed by atoms with van der Waals surface area (Å²) in [5.74, 6) is -0.833. The van der Waals surface area contributed by atoms with Gasteiger partial charge in [-0.25, -0.2) is 14.2 Å². The molecule has 92 valence electrons. The van der Waals surface area contributed by atoms with Crippen molar-refractivity contribution in [1.82, 2.24) is 9.97 Å². The van der Waals surface area contributed by atoms with Crippen molar-refractivity contribution in [3.63, 3.8) is 0 Å². The number of benzene rings is 1. The molecule has 1 heterocycles. The first-order valence-electron chi connectivity index (χ1n) is 5.61. The van der Waals surface area contributed by atoms with Gasteiger partial charge in [0.1, 0.15) is 13.7 Å². The molecule has 4 nitrogen and oxygen atoms in total. The van der Waals surface area contributed by atoms with E-state index in [9.17, 15) is 9.18 Å². The normalized spacial score (nSPS) is 10.3. The molecule has 18 heavy (non-hydrogen) atoms. The van der Waals surface area contributed by atoms with Gasteiger partial charge in [0.05, 0.1) is 12.3 Å². The molecule has 0 bridgehead atoms. The number of halogens is 1. The van der Waals surface area contributed by atoms with Crippen molar-refractivity contribution < 1.29 is 13.9 Å². The molecular weight excluding hydrogens is 234 g/mol. The number of H-pyrrole nitrogens is 1. The van der Waals surface area contributed by atoms with Gasteiger partial charge in [-0.05, 0) is 13.0 Å². The van der Waals surface area contributed by atoms with Gasteiger partial charge in [0.2, 0.25) is 5.82 Å². The van der Waals surface area contributed by atoms with Gasteiger partial charge in [0.15, 0.2) is 0 Å². The molecule has 0 saturated heterocycles. The van der Waals surface area contributed by atoms with Crippen LogP contribution in [0.5, 0.6) is 0 Å². The second kappa shape index (κ2) is 5.04. The predicted octanol–water partition coefficient (Wildman–Crippen LogP) is 0.651. The first-order chi connectivity index (χ1) is 8.61. The summed E-state index contributed by atoms with van der Waals surface area (Å²) >= 11 is 0. The van der Waals surface area contributed by atoms with Crippen molar-refractivity contribution in [3.8, 4) is 11.3 Å². The SMILES string of the molecule is Bc1ccc(-c2c[nH]c(C(=O)OCC)n2)c(F)c1. The van der Waals surface area contributed by atoms with Crippen LogP contribution in [0.4, 0.5) is 4.39 Å². The maximum atomic E-state index is 13.7. The number of nitrogens with one attached hydrogen (secondary N) is 1. The third-order valence-corrected chi connectivity index (χ3v) is 2.45. The molecule has 0 aliphatic rings. The molecular formula is C12H12BFN2O2. The Morgan fingerprint density at radius 2 is 2.33 bits per heavy atom. The number of ether oxygens (including phenoxy) is 1. The third kappa shape index (κ3) is 2.42. The van der Waals surface area contributed by atoms with Crippen LogP contribution in [0.15, 0.2) is 24.4 Å². The molecule has 1 aromatic heterocycles. The standard InChI is InChI=1S/C12H12BFN2O2/c1-2-18-12(17)11-15-6-10(16-11)8-4-3-7(13)5-9(8)14/h3-6H,2,13H2,1H3,(H,15,16). The summed E-state index contributed by atoms with van der Waals surface area (Å²) in [5.41, 5.74) is 1.57. The third-order valence-electron chi connectivity index (χ3n) is 2.45. The average Bonchev–Trinajstić information content (AvgIpc) is 2.78. The Morgan fingerprint density at radius 3 is 3.00 bits per heavy atom. The molecule has 1 aromatic carbocycles. The smallest absolute Gasteiger partial charge is 0.374 e. The number of hydrogen-bond acceptors (Lipinski definition) is 3. The van der Waals surface area contributed by atoms with Crippen molar-refractivity contribution in [2.75, 3.05) is 6.61 Å². The van der Waals surface area contributed by atoms with E-state index in [1.165, 1.54) is 12.3 Å². The van der Waals surface area contributed by atoms with Crippen molar-refractivity contribution >= 4 is 19.3 Å². The maximum absolute atomic E-state index is 13.7. The second-order valence-electron chi connectivity index (χ2n) is 3.84. The molecule has 1 N–H and O–H groups in total. The fourth-order valence-electron chi connectivity index (χ4n) is 1.59. The Morgan fingerprint density at radius 1 is 1.56 bits per heavy atom. The minimum Gasteiger partial charge on any atom is -0.460 e. The summed E-state index contributed by atoms with van der Waals surface area (Å²) < 4.78 is 18.5. The molecule has 2 aromatic rings. The fourth-order valence-corrected chi connectivity index (χ4v) is 1.59. The Bertz CT molecular complexity index is 583. The highest BCUT2D eigenvalue weighted by Gasteiger charge is 2.14. The molecule has 0 amide bonds. The number of hydrogen-bond donors (Lipinski definition) is 1. The van der Waals surface area contributed by atoms with E-state index in [4.69, 9.17) is 4.74 Å². The highest BCUT2D eigenvalue weighted by Crippen LogP contribution is 2.19. The van der Waals surface area contributed by atoms with E-state index in [-0.39, 0.29) is 18.2 Å². The largest absolute Gasteiger partial charge is 0.460 e. The monoisotopic (exact) mass is 246 g/mol. The van der Waals surface area contributed by atoms with Gasteiger partial charge in [-0.3, -0.25) is 0 Å². The zero-order valence-corrected chi connectivity index (χ0v) is 10.2. The Kier molecular flexibility index (Phi) is 3.46. The molecule has 0 atom stereocenters. The van der Waals surface area contributed by atoms with Crippen molar-refractivity contribution in [3.05, 3.63) is 36.0 Å². The molecule has 6 heteroatoms. The highest BCUT2D eigenvalue weighted by molar-refractivity contribution is 6.32. The fraction of sp³-hybridized carbons (Fsp3) is 0.167. The number of carbonyl (C=O) groups is 1. The molecule has 0 fully saturated rings. The second-order valence-corrected chi connectivity index (χ2v) is 3.84. The Labute approximate surface area is 105 Å². The number of rotatable bonds is 3. The molecule has 0 spiro atoms. The van der Waals surface area contributed by atoms with Gasteiger partial charge >= 0.3 is 5.97 Å². The van der Waals surface area contributed by atoms with Crippen LogP contribution < -0.4 is 5.46 Å². The topological polar surface area (TPSA) is 55.0 Å². The number of aromatic amines is 1. The van der Waals surface area contributed by atoms with Gasteiger partial charge in [0.25, 0.3) is 0 Å². The van der Waals surface area contributed by atoms with Gasteiger partial charge in [-0.2, -0.15) is 0 Å². The van der Waals surface area contributed by atoms with Crippen LogP contribution in [0.3, 0.4) is 0 Å². The van der Waals surface area contributed by atoms with Crippen LogP contribution in [0.1, 0.15) is 17.5 Å². The molecule has 0 unspecified atom stereocenters. The van der Waals surface area contributed by atoms with Crippen LogP contribution in [-0.4, -0.2) is 30.4 Å². The zero-order valence-electron chi connectivity index (χ0n) is 10.2. The van der Waals surface area contributed by atoms with Gasteiger partial charge in [0, 0.05) is 11.8 Å². The highest BCUT2D eigenvalue weighted by atomic mass is 19.1. The zero-order chi connectivity index (χ0) is 13.1. The van der Waals surface area contributed by atoms with E-state index >= 15 is 0 Å². The van der Waals surface area contributed by atoms with E-state index in [2.05, 4.69) is 9.97 Å². The number of esters is 1. The van der Waals surface area contributed by atoms with Crippen LogP contribution in [0, 0.1) is 5.82 Å². The van der Waals surface area contributed by atoms with Crippen LogP contribution in [0.2, 0.25) is 0 Å². The lowest BCUT2D eigenvalue weighted by Gasteiger charge is -2.00. The van der Waals surface area contributed by atoms with Crippen molar-refractivity contribution in [1.29, 1.82) is 0 Å². The van der Waals surface area contributed by atoms with Crippen LogP contribution >= 0.6 is 0 Å². The summed E-state index contributed by atoms with van der Waals surface area (Å²) in [4.78, 5) is 18.1. The van der Waals surface area contributed by atoms with Crippen molar-refractivity contribution in [2.45, 2.75) is 6.92 Å². The number of nitrogens with zero attached hydrogens (tertiary/aromatic N) is 1. The quantitative estimate of drug-likeness (QED) is 0.639. The molecule has 0 aliphatic heterocycles. The van der Waals surface area contributed by atoms with E-state index in [0.717, 1.165) is 5.46 Å². The number of carbonyl (C=O) groups excluding carboxylic acids is 1. The summed E-state index contributed by atoms with van der Waals surface area (Å²) in [5, 5.41) is 0. The van der Waals surface area contributed by atoms with Crippen molar-refractivity contribution in [2.24, 2.45) is 0 Å². The van der Waals surface area contributed by atoms with Crippen LogP contribution in [-0.2, 0) is 4.74 Å². The summed E-state index contributed by atoms with van der Waals surface area (Å²) in [6.07, 6.45) is 1.49. The summed E-state index contributed by atoms with van der Waals surface area (Å²) in [7, 11) is 1.81. The van der Waals surface area contributed by atoms with Gasteiger partial charge < -0.3 is 9.72 Å². The predicted molar refractivity (Wildman–Crippen MR) is 68.1 cm³/mol. The number of imidazole rings is 1. The molecule has 0 radical (unpaired) electrons. The number of aromatic nitrogens is 2. The Hall–Kier alpha value is -2.11.